The monoisotopic (exact) mass is 375 g/mol. The molecule has 142 valence electrons. The van der Waals surface area contributed by atoms with Gasteiger partial charge >= 0.3 is 0 Å². The van der Waals surface area contributed by atoms with Gasteiger partial charge in [-0.1, -0.05) is 68.8 Å². The Balaban J connectivity index is 2.28. The number of ether oxygens (including phenoxy) is 1. The highest BCUT2D eigenvalue weighted by Gasteiger charge is 2.43. The third-order valence-electron chi connectivity index (χ3n) is 4.97. The summed E-state index contributed by atoms with van der Waals surface area (Å²) in [5.41, 5.74) is 1.19. The second-order valence-electron chi connectivity index (χ2n) is 7.75. The van der Waals surface area contributed by atoms with E-state index < -0.39 is 15.6 Å². The van der Waals surface area contributed by atoms with Crippen LogP contribution in [0.15, 0.2) is 59.5 Å². The number of hydrogen-bond donors (Lipinski definition) is 1. The fourth-order valence-corrected chi connectivity index (χ4v) is 4.07. The first-order chi connectivity index (χ1) is 12.1. The fourth-order valence-electron chi connectivity index (χ4n) is 2.98. The molecule has 26 heavy (non-hydrogen) atoms. The maximum Gasteiger partial charge on any atom is 0.240 e. The van der Waals surface area contributed by atoms with Gasteiger partial charge in [0.15, 0.2) is 0 Å². The lowest BCUT2D eigenvalue weighted by Gasteiger charge is -2.44. The molecule has 0 radical (unpaired) electrons. The molecule has 0 spiro atoms. The first-order valence-electron chi connectivity index (χ1n) is 8.75. The van der Waals surface area contributed by atoms with Crippen LogP contribution >= 0.6 is 0 Å². The standard InChI is InChI=1S/C21H29NO3S/c1-17-11-13-19(14-12-17)26(23,24)22-16-21(25-5,20(2,3)4)15-18-9-7-6-8-10-18/h6-14,22H,15-16H2,1-5H3. The highest BCUT2D eigenvalue weighted by Crippen LogP contribution is 2.36. The van der Waals surface area contributed by atoms with Crippen molar-refractivity contribution in [1.82, 2.24) is 4.72 Å². The minimum Gasteiger partial charge on any atom is -0.376 e. The first-order valence-corrected chi connectivity index (χ1v) is 10.2. The summed E-state index contributed by atoms with van der Waals surface area (Å²) in [5.74, 6) is 0. The van der Waals surface area contributed by atoms with Crippen LogP contribution in [0.2, 0.25) is 0 Å². The van der Waals surface area contributed by atoms with E-state index in [4.69, 9.17) is 4.74 Å². The predicted molar refractivity (Wildman–Crippen MR) is 106 cm³/mol. The van der Waals surface area contributed by atoms with E-state index in [1.165, 1.54) is 0 Å². The number of aryl methyl sites for hydroxylation is 1. The van der Waals surface area contributed by atoms with Crippen molar-refractivity contribution < 1.29 is 13.2 Å². The zero-order valence-electron chi connectivity index (χ0n) is 16.2. The van der Waals surface area contributed by atoms with Crippen molar-refractivity contribution in [3.63, 3.8) is 0 Å². The maximum atomic E-state index is 12.7. The molecule has 2 aromatic rings. The van der Waals surface area contributed by atoms with Crippen LogP contribution in [0.25, 0.3) is 0 Å². The van der Waals surface area contributed by atoms with E-state index in [9.17, 15) is 8.42 Å². The Hall–Kier alpha value is -1.69. The Bertz CT molecular complexity index is 809. The van der Waals surface area contributed by atoms with Crippen LogP contribution in [0.3, 0.4) is 0 Å². The minimum absolute atomic E-state index is 0.193. The quantitative estimate of drug-likeness (QED) is 0.797. The molecular formula is C21H29NO3S. The SMILES string of the molecule is COC(CNS(=O)(=O)c1ccc(C)cc1)(Cc1ccccc1)C(C)(C)C. The first kappa shape index (κ1) is 20.6. The van der Waals surface area contributed by atoms with E-state index in [0.717, 1.165) is 11.1 Å². The molecule has 2 aromatic carbocycles. The lowest BCUT2D eigenvalue weighted by Crippen LogP contribution is -2.54. The van der Waals surface area contributed by atoms with Gasteiger partial charge in [-0.2, -0.15) is 0 Å². The largest absolute Gasteiger partial charge is 0.376 e. The molecule has 4 nitrogen and oxygen atoms in total. The summed E-state index contributed by atoms with van der Waals surface area (Å²) in [5, 5.41) is 0. The Morgan fingerprint density at radius 2 is 1.54 bits per heavy atom. The van der Waals surface area contributed by atoms with E-state index in [2.05, 4.69) is 25.5 Å². The third-order valence-corrected chi connectivity index (χ3v) is 6.39. The summed E-state index contributed by atoms with van der Waals surface area (Å²) < 4.78 is 34.1. The van der Waals surface area contributed by atoms with Crippen LogP contribution in [-0.2, 0) is 21.2 Å². The molecule has 0 amide bonds. The average molecular weight is 376 g/mol. The topological polar surface area (TPSA) is 55.4 Å². The van der Waals surface area contributed by atoms with Gasteiger partial charge in [0.1, 0.15) is 0 Å². The molecule has 0 aromatic heterocycles. The molecule has 0 bridgehead atoms. The average Bonchev–Trinajstić information content (AvgIpc) is 2.59. The van der Waals surface area contributed by atoms with Gasteiger partial charge in [-0.05, 0) is 30.0 Å². The van der Waals surface area contributed by atoms with Gasteiger partial charge in [0.05, 0.1) is 10.5 Å². The summed E-state index contributed by atoms with van der Waals surface area (Å²) in [4.78, 5) is 0.265. The van der Waals surface area contributed by atoms with Crippen LogP contribution in [0.1, 0.15) is 31.9 Å². The van der Waals surface area contributed by atoms with Crippen LogP contribution in [0.5, 0.6) is 0 Å². The molecular weight excluding hydrogens is 346 g/mol. The molecule has 0 saturated heterocycles. The van der Waals surface area contributed by atoms with Crippen molar-refractivity contribution in [3.05, 3.63) is 65.7 Å². The van der Waals surface area contributed by atoms with Gasteiger partial charge in [0.2, 0.25) is 10.0 Å². The number of nitrogens with one attached hydrogen (secondary N) is 1. The fraction of sp³-hybridized carbons (Fsp3) is 0.429. The highest BCUT2D eigenvalue weighted by molar-refractivity contribution is 7.89. The maximum absolute atomic E-state index is 12.7. The van der Waals surface area contributed by atoms with Crippen LogP contribution < -0.4 is 4.72 Å². The van der Waals surface area contributed by atoms with E-state index in [-0.39, 0.29) is 16.9 Å². The number of hydrogen-bond acceptors (Lipinski definition) is 3. The predicted octanol–water partition coefficient (Wildman–Crippen LogP) is 3.95. The molecule has 0 aliphatic heterocycles. The molecule has 2 rings (SSSR count). The van der Waals surface area contributed by atoms with E-state index in [1.807, 2.05) is 37.3 Å². The van der Waals surface area contributed by atoms with Gasteiger partial charge in [-0.25, -0.2) is 13.1 Å². The second-order valence-corrected chi connectivity index (χ2v) is 9.52. The molecule has 0 saturated carbocycles. The number of methoxy groups -OCH3 is 1. The number of rotatable bonds is 7. The molecule has 0 aliphatic carbocycles. The molecule has 1 atom stereocenters. The molecule has 5 heteroatoms. The van der Waals surface area contributed by atoms with Gasteiger partial charge in [0.25, 0.3) is 0 Å². The number of sulfonamides is 1. The zero-order chi connectivity index (χ0) is 19.4. The summed E-state index contributed by atoms with van der Waals surface area (Å²) in [6, 6.07) is 16.8. The van der Waals surface area contributed by atoms with E-state index >= 15 is 0 Å². The van der Waals surface area contributed by atoms with Crippen LogP contribution in [0.4, 0.5) is 0 Å². The van der Waals surface area contributed by atoms with E-state index in [1.54, 1.807) is 31.4 Å². The summed E-state index contributed by atoms with van der Waals surface area (Å²) in [7, 11) is -1.96. The highest BCUT2D eigenvalue weighted by atomic mass is 32.2. The van der Waals surface area contributed by atoms with Crippen LogP contribution in [0, 0.1) is 12.3 Å². The summed E-state index contributed by atoms with van der Waals surface area (Å²) in [6.07, 6.45) is 0.615. The zero-order valence-corrected chi connectivity index (χ0v) is 17.1. The smallest absolute Gasteiger partial charge is 0.240 e. The lowest BCUT2D eigenvalue weighted by atomic mass is 9.73. The van der Waals surface area contributed by atoms with Crippen molar-refractivity contribution in [3.8, 4) is 0 Å². The number of benzene rings is 2. The Morgan fingerprint density at radius 1 is 0.962 bits per heavy atom. The van der Waals surface area contributed by atoms with Crippen molar-refractivity contribution in [2.75, 3.05) is 13.7 Å². The molecule has 1 unspecified atom stereocenters. The molecule has 0 aliphatic rings. The third kappa shape index (κ3) is 4.72. The van der Waals surface area contributed by atoms with Gasteiger partial charge in [-0.15, -0.1) is 0 Å². The normalized spacial score (nSPS) is 14.8. The van der Waals surface area contributed by atoms with E-state index in [0.29, 0.717) is 6.42 Å². The van der Waals surface area contributed by atoms with Crippen LogP contribution in [-0.4, -0.2) is 27.7 Å². The van der Waals surface area contributed by atoms with Gasteiger partial charge in [0, 0.05) is 20.1 Å². The van der Waals surface area contributed by atoms with Gasteiger partial charge < -0.3 is 4.74 Å². The molecule has 1 N–H and O–H groups in total. The molecule has 0 heterocycles. The summed E-state index contributed by atoms with van der Waals surface area (Å²) in [6.45, 7) is 8.33. The van der Waals surface area contributed by atoms with Crippen molar-refractivity contribution in [2.45, 2.75) is 44.6 Å². The Labute approximate surface area is 157 Å². The lowest BCUT2D eigenvalue weighted by molar-refractivity contribution is -0.0863. The molecule has 0 fully saturated rings. The van der Waals surface area contributed by atoms with Crippen molar-refractivity contribution in [2.24, 2.45) is 5.41 Å². The van der Waals surface area contributed by atoms with Gasteiger partial charge in [-0.3, -0.25) is 0 Å². The Kier molecular flexibility index (Phi) is 6.27. The second kappa shape index (κ2) is 7.91. The minimum atomic E-state index is -3.60. The Morgan fingerprint density at radius 3 is 2.04 bits per heavy atom. The van der Waals surface area contributed by atoms with Crippen molar-refractivity contribution in [1.29, 1.82) is 0 Å². The van der Waals surface area contributed by atoms with Crippen molar-refractivity contribution >= 4 is 10.0 Å². The summed E-state index contributed by atoms with van der Waals surface area (Å²) >= 11 is 0.